The van der Waals surface area contributed by atoms with Crippen LogP contribution in [0.1, 0.15) is 21.5 Å². The van der Waals surface area contributed by atoms with Crippen LogP contribution < -0.4 is 4.74 Å². The Morgan fingerprint density at radius 2 is 1.66 bits per heavy atom. The minimum Gasteiger partial charge on any atom is -0.489 e. The summed E-state index contributed by atoms with van der Waals surface area (Å²) in [4.78, 5) is 46.3. The van der Waals surface area contributed by atoms with Crippen molar-refractivity contribution in [1.29, 1.82) is 0 Å². The van der Waals surface area contributed by atoms with Crippen LogP contribution in [0.15, 0.2) is 53.4 Å². The van der Waals surface area contributed by atoms with Crippen molar-refractivity contribution in [1.82, 2.24) is 4.90 Å². The fourth-order valence-electron chi connectivity index (χ4n) is 2.49. The highest BCUT2D eigenvalue weighted by Crippen LogP contribution is 2.32. The number of thioether (sulfide) groups is 1. The van der Waals surface area contributed by atoms with Gasteiger partial charge in [-0.2, -0.15) is 0 Å². The van der Waals surface area contributed by atoms with E-state index in [0.717, 1.165) is 5.56 Å². The van der Waals surface area contributed by atoms with Gasteiger partial charge in [-0.1, -0.05) is 24.3 Å². The van der Waals surface area contributed by atoms with Crippen LogP contribution in [0.25, 0.3) is 6.08 Å². The van der Waals surface area contributed by atoms with Crippen molar-refractivity contribution >= 4 is 40.9 Å². The minimum absolute atomic E-state index is 0.156. The quantitative estimate of drug-likeness (QED) is 0.664. The van der Waals surface area contributed by atoms with Gasteiger partial charge in [0, 0.05) is 0 Å². The first-order chi connectivity index (χ1) is 13.8. The summed E-state index contributed by atoms with van der Waals surface area (Å²) in [6, 6.07) is 13.1. The SMILES string of the molecule is O=C(O)CN1C(=O)S/C(=C/c2ccc(OCc3ccc(C(=O)O)cc3)cc2)C1=O. The first kappa shape index (κ1) is 20.2. The molecule has 2 aromatic carbocycles. The molecule has 8 nitrogen and oxygen atoms in total. The predicted octanol–water partition coefficient (Wildman–Crippen LogP) is 3.08. The molecule has 2 N–H and O–H groups in total. The zero-order valence-corrected chi connectivity index (χ0v) is 15.7. The maximum absolute atomic E-state index is 12.1. The molecule has 2 aromatic rings. The highest BCUT2D eigenvalue weighted by molar-refractivity contribution is 8.18. The second-order valence-corrected chi connectivity index (χ2v) is 7.01. The van der Waals surface area contributed by atoms with E-state index in [4.69, 9.17) is 14.9 Å². The van der Waals surface area contributed by atoms with Crippen molar-refractivity contribution in [3.63, 3.8) is 0 Å². The Bertz CT molecular complexity index is 996. The van der Waals surface area contributed by atoms with E-state index < -0.39 is 29.6 Å². The molecule has 1 aliphatic heterocycles. The van der Waals surface area contributed by atoms with Crippen LogP contribution in [-0.4, -0.2) is 44.7 Å². The topological polar surface area (TPSA) is 121 Å². The molecular weight excluding hydrogens is 398 g/mol. The molecule has 0 radical (unpaired) electrons. The van der Waals surface area contributed by atoms with Crippen LogP contribution in [-0.2, 0) is 16.2 Å². The van der Waals surface area contributed by atoms with Gasteiger partial charge in [0.15, 0.2) is 0 Å². The van der Waals surface area contributed by atoms with Crippen LogP contribution in [0, 0.1) is 0 Å². The van der Waals surface area contributed by atoms with Crippen molar-refractivity contribution in [2.75, 3.05) is 6.54 Å². The van der Waals surface area contributed by atoms with Crippen LogP contribution in [0.5, 0.6) is 5.75 Å². The van der Waals surface area contributed by atoms with E-state index in [2.05, 4.69) is 0 Å². The number of carbonyl (C=O) groups is 4. The molecule has 9 heteroatoms. The predicted molar refractivity (Wildman–Crippen MR) is 104 cm³/mol. The highest BCUT2D eigenvalue weighted by atomic mass is 32.2. The number of aliphatic carboxylic acids is 1. The van der Waals surface area contributed by atoms with Gasteiger partial charge < -0.3 is 14.9 Å². The van der Waals surface area contributed by atoms with Crippen molar-refractivity contribution in [3.05, 3.63) is 70.1 Å². The number of carbonyl (C=O) groups excluding carboxylic acids is 2. The molecular formula is C20H15NO7S. The molecule has 1 fully saturated rings. The molecule has 148 valence electrons. The lowest BCUT2D eigenvalue weighted by atomic mass is 10.1. The Kier molecular flexibility index (Phi) is 5.99. The zero-order chi connectivity index (χ0) is 21.0. The summed E-state index contributed by atoms with van der Waals surface area (Å²) in [5, 5.41) is 17.0. The van der Waals surface area contributed by atoms with Crippen molar-refractivity contribution < 1.29 is 34.1 Å². The summed E-state index contributed by atoms with van der Waals surface area (Å²) < 4.78 is 5.65. The Morgan fingerprint density at radius 1 is 1.00 bits per heavy atom. The molecule has 0 bridgehead atoms. The molecule has 1 aliphatic rings. The Morgan fingerprint density at radius 3 is 2.24 bits per heavy atom. The number of benzene rings is 2. The number of hydrogen-bond donors (Lipinski definition) is 2. The smallest absolute Gasteiger partial charge is 0.335 e. The first-order valence-corrected chi connectivity index (χ1v) is 9.17. The standard InChI is InChI=1S/C20H15NO7S/c22-17(23)10-21-18(24)16(29-20(21)27)9-12-3-7-15(8-4-12)28-11-13-1-5-14(6-2-13)19(25)26/h1-9H,10-11H2,(H,22,23)(H,25,26)/b16-9+. The Hall–Kier alpha value is -3.59. The number of nitrogens with zero attached hydrogens (tertiary/aromatic N) is 1. The molecule has 0 aromatic heterocycles. The van der Waals surface area contributed by atoms with Gasteiger partial charge in [-0.25, -0.2) is 4.79 Å². The molecule has 0 aliphatic carbocycles. The Balaban J connectivity index is 1.62. The van der Waals surface area contributed by atoms with E-state index in [9.17, 15) is 19.2 Å². The Labute approximate surface area is 169 Å². The fourth-order valence-corrected chi connectivity index (χ4v) is 3.33. The van der Waals surface area contributed by atoms with E-state index in [1.165, 1.54) is 18.2 Å². The zero-order valence-electron chi connectivity index (χ0n) is 14.9. The highest BCUT2D eigenvalue weighted by Gasteiger charge is 2.36. The van der Waals surface area contributed by atoms with Crippen molar-refractivity contribution in [2.24, 2.45) is 0 Å². The number of imide groups is 1. The largest absolute Gasteiger partial charge is 0.489 e. The number of amides is 2. The van der Waals surface area contributed by atoms with Crippen molar-refractivity contribution in [2.45, 2.75) is 6.61 Å². The molecule has 0 spiro atoms. The fraction of sp³-hybridized carbons (Fsp3) is 0.100. The molecule has 29 heavy (non-hydrogen) atoms. The lowest BCUT2D eigenvalue weighted by Gasteiger charge is -2.08. The molecule has 1 saturated heterocycles. The third-order valence-electron chi connectivity index (χ3n) is 3.95. The summed E-state index contributed by atoms with van der Waals surface area (Å²) in [6.45, 7) is -0.407. The lowest BCUT2D eigenvalue weighted by molar-refractivity contribution is -0.140. The number of carboxylic acid groups (broad SMARTS) is 2. The van der Waals surface area contributed by atoms with Crippen LogP contribution in [0.4, 0.5) is 4.79 Å². The number of ether oxygens (including phenoxy) is 1. The third kappa shape index (κ3) is 5.02. The molecule has 0 atom stereocenters. The van der Waals surface area contributed by atoms with Crippen LogP contribution >= 0.6 is 11.8 Å². The minimum atomic E-state index is -1.26. The number of carboxylic acids is 2. The number of rotatable bonds is 7. The van der Waals surface area contributed by atoms with E-state index in [0.29, 0.717) is 28.0 Å². The first-order valence-electron chi connectivity index (χ1n) is 8.36. The normalized spacial score (nSPS) is 15.0. The third-order valence-corrected chi connectivity index (χ3v) is 4.86. The molecule has 0 saturated carbocycles. The second-order valence-electron chi connectivity index (χ2n) is 6.02. The van der Waals surface area contributed by atoms with Crippen molar-refractivity contribution in [3.8, 4) is 5.75 Å². The lowest BCUT2D eigenvalue weighted by Crippen LogP contribution is -2.33. The molecule has 2 amide bonds. The average molecular weight is 413 g/mol. The maximum Gasteiger partial charge on any atom is 0.335 e. The van der Waals surface area contributed by atoms with E-state index in [1.807, 2.05) is 0 Å². The van der Waals surface area contributed by atoms with Gasteiger partial charge in [0.05, 0.1) is 10.5 Å². The summed E-state index contributed by atoms with van der Waals surface area (Å²) >= 11 is 0.696. The van der Waals surface area contributed by atoms with Gasteiger partial charge in [-0.05, 0) is 53.2 Å². The average Bonchev–Trinajstić information content (AvgIpc) is 2.95. The summed E-state index contributed by atoms with van der Waals surface area (Å²) in [6.07, 6.45) is 1.52. The number of hydrogen-bond acceptors (Lipinski definition) is 6. The van der Waals surface area contributed by atoms with Gasteiger partial charge >= 0.3 is 11.9 Å². The summed E-state index contributed by atoms with van der Waals surface area (Å²) in [7, 11) is 0. The van der Waals surface area contributed by atoms with Gasteiger partial charge in [-0.3, -0.25) is 19.3 Å². The molecule has 1 heterocycles. The molecule has 3 rings (SSSR count). The van der Waals surface area contributed by atoms with Crippen LogP contribution in [0.3, 0.4) is 0 Å². The molecule has 0 unspecified atom stereocenters. The monoisotopic (exact) mass is 413 g/mol. The van der Waals surface area contributed by atoms with E-state index in [-0.39, 0.29) is 17.1 Å². The second kappa shape index (κ2) is 8.61. The van der Waals surface area contributed by atoms with Crippen LogP contribution in [0.2, 0.25) is 0 Å². The summed E-state index contributed by atoms with van der Waals surface area (Å²) in [5.74, 6) is -2.31. The number of aromatic carboxylic acids is 1. The van der Waals surface area contributed by atoms with E-state index in [1.54, 1.807) is 36.4 Å². The van der Waals surface area contributed by atoms with Gasteiger partial charge in [0.2, 0.25) is 0 Å². The van der Waals surface area contributed by atoms with Gasteiger partial charge in [0.25, 0.3) is 11.1 Å². The van der Waals surface area contributed by atoms with Gasteiger partial charge in [-0.15, -0.1) is 0 Å². The maximum atomic E-state index is 12.1. The van der Waals surface area contributed by atoms with Gasteiger partial charge in [0.1, 0.15) is 18.9 Å². The van der Waals surface area contributed by atoms with E-state index >= 15 is 0 Å². The summed E-state index contributed by atoms with van der Waals surface area (Å²) in [5.41, 5.74) is 1.67.